The fraction of sp³-hybridized carbons (Fsp3) is 0.750. The normalized spacial score (nSPS) is 11.8. The van der Waals surface area contributed by atoms with Gasteiger partial charge in [0.2, 0.25) is 0 Å². The Morgan fingerprint density at radius 3 is 2.12 bits per heavy atom. The van der Waals surface area contributed by atoms with E-state index in [1.165, 1.54) is 6.92 Å². The number of rotatable bonds is 2. The maximum atomic E-state index is 9.65. The molecule has 0 aromatic heterocycles. The number of aliphatic carboxylic acids is 1. The molecule has 1 radical (unpaired) electrons. The number of carboxylic acids is 1. The number of aliphatic hydroxyl groups excluding tert-OH is 1. The van der Waals surface area contributed by atoms with Crippen LogP contribution in [0.5, 0.6) is 0 Å². The summed E-state index contributed by atoms with van der Waals surface area (Å²) < 4.78 is 0. The Morgan fingerprint density at radius 1 is 1.75 bits per heavy atom. The molecule has 0 aromatic rings. The predicted octanol–water partition coefficient (Wildman–Crippen LogP) is -0.539. The Hall–Kier alpha value is 0.430. The predicted molar refractivity (Wildman–Crippen MR) is 29.7 cm³/mol. The van der Waals surface area contributed by atoms with Gasteiger partial charge in [-0.15, -0.1) is 0 Å². The van der Waals surface area contributed by atoms with Crippen molar-refractivity contribution in [1.29, 1.82) is 0 Å². The maximum Gasteiger partial charge on any atom is 0.305 e. The van der Waals surface area contributed by atoms with E-state index >= 15 is 0 Å². The third kappa shape index (κ3) is 9.66. The minimum Gasteiger partial charge on any atom is -0.481 e. The van der Waals surface area contributed by atoms with Crippen LogP contribution in [0, 0.1) is 0 Å². The molecule has 0 fully saturated rings. The molecule has 0 bridgehead atoms. The van der Waals surface area contributed by atoms with Crippen LogP contribution in [0.15, 0.2) is 0 Å². The molecule has 1 unspecified atom stereocenters. The topological polar surface area (TPSA) is 57.5 Å². The first-order chi connectivity index (χ1) is 3.13. The van der Waals surface area contributed by atoms with Crippen molar-refractivity contribution in [3.63, 3.8) is 0 Å². The van der Waals surface area contributed by atoms with Crippen molar-refractivity contribution in [1.82, 2.24) is 0 Å². The van der Waals surface area contributed by atoms with Gasteiger partial charge in [0.25, 0.3) is 0 Å². The smallest absolute Gasteiger partial charge is 0.305 e. The molecule has 2 N–H and O–H groups in total. The second-order valence-electron chi connectivity index (χ2n) is 1.45. The second-order valence-corrected chi connectivity index (χ2v) is 1.45. The molecule has 0 rings (SSSR count). The molecule has 0 amide bonds. The summed E-state index contributed by atoms with van der Waals surface area (Å²) in [7, 11) is 0. The van der Waals surface area contributed by atoms with Crippen LogP contribution >= 0.6 is 0 Å². The minimum atomic E-state index is -0.963. The Morgan fingerprint density at radius 2 is 2.12 bits per heavy atom. The first kappa shape index (κ1) is 11.3. The van der Waals surface area contributed by atoms with Crippen molar-refractivity contribution in [3.8, 4) is 0 Å². The third-order valence-electron chi connectivity index (χ3n) is 0.470. The van der Waals surface area contributed by atoms with Gasteiger partial charge >= 0.3 is 5.97 Å². The Kier molecular flexibility index (Phi) is 7.83. The molecule has 4 heteroatoms. The minimum absolute atomic E-state index is 0. The van der Waals surface area contributed by atoms with Gasteiger partial charge in [-0.1, -0.05) is 0 Å². The van der Waals surface area contributed by atoms with Gasteiger partial charge < -0.3 is 10.2 Å². The zero-order chi connectivity index (χ0) is 5.86. The van der Waals surface area contributed by atoms with E-state index in [0.717, 1.165) is 0 Å². The fourth-order valence-corrected chi connectivity index (χ4v) is 0.253. The van der Waals surface area contributed by atoms with Gasteiger partial charge in [0, 0.05) is 29.6 Å². The number of carboxylic acid groups (broad SMARTS) is 1. The molecule has 0 saturated heterocycles. The van der Waals surface area contributed by atoms with Crippen LogP contribution < -0.4 is 0 Å². The van der Waals surface area contributed by atoms with Crippen molar-refractivity contribution in [2.24, 2.45) is 0 Å². The molecule has 43 valence electrons. The van der Waals surface area contributed by atoms with Gasteiger partial charge in [-0.3, -0.25) is 4.79 Å². The van der Waals surface area contributed by atoms with Gasteiger partial charge in [0.05, 0.1) is 12.5 Å². The van der Waals surface area contributed by atoms with Crippen LogP contribution in [-0.4, -0.2) is 51.8 Å². The molecule has 8 heavy (non-hydrogen) atoms. The first-order valence-corrected chi connectivity index (χ1v) is 2.03. The zero-order valence-electron chi connectivity index (χ0n) is 5.09. The monoisotopic (exact) mass is 131 g/mol. The van der Waals surface area contributed by atoms with E-state index in [0.29, 0.717) is 0 Å². The number of carbonyl (C=O) groups is 1. The summed E-state index contributed by atoms with van der Waals surface area (Å²) in [5.41, 5.74) is 0. The number of hydrogen-bond acceptors (Lipinski definition) is 2. The van der Waals surface area contributed by atoms with Crippen molar-refractivity contribution in [2.75, 3.05) is 0 Å². The second kappa shape index (κ2) is 5.56. The molecule has 0 aliphatic carbocycles. The van der Waals surface area contributed by atoms with E-state index in [1.54, 1.807) is 0 Å². The van der Waals surface area contributed by atoms with Crippen LogP contribution in [0.1, 0.15) is 13.3 Å². The fourth-order valence-electron chi connectivity index (χ4n) is 0.253. The van der Waals surface area contributed by atoms with E-state index in [4.69, 9.17) is 10.2 Å². The Bertz CT molecular complexity index is 71.7. The average Bonchev–Trinajstić information content (AvgIpc) is 1.27. The van der Waals surface area contributed by atoms with Crippen LogP contribution in [-0.2, 0) is 4.79 Å². The molecule has 1 atom stereocenters. The van der Waals surface area contributed by atoms with Gasteiger partial charge in [-0.05, 0) is 6.92 Å². The third-order valence-corrected chi connectivity index (χ3v) is 0.470. The van der Waals surface area contributed by atoms with Crippen LogP contribution in [0.2, 0.25) is 0 Å². The number of hydrogen-bond donors (Lipinski definition) is 2. The summed E-state index contributed by atoms with van der Waals surface area (Å²) in [5, 5.41) is 16.3. The van der Waals surface area contributed by atoms with Gasteiger partial charge in [-0.25, -0.2) is 0 Å². The molecular weight excluding hydrogens is 123 g/mol. The molecule has 3 nitrogen and oxygen atoms in total. The SMILES string of the molecule is [13CH3][13CH](O)[13CH2][13C](=O)O.[Na]. The van der Waals surface area contributed by atoms with E-state index in [1.807, 2.05) is 0 Å². The summed E-state index contributed by atoms with van der Waals surface area (Å²) >= 11 is 0. The molecule has 0 heterocycles. The first-order valence-electron chi connectivity index (χ1n) is 2.03. The summed E-state index contributed by atoms with van der Waals surface area (Å²) in [6.07, 6.45) is -0.891. The molecule has 0 aliphatic heterocycles. The summed E-state index contributed by atoms with van der Waals surface area (Å²) in [6, 6.07) is 0. The van der Waals surface area contributed by atoms with Gasteiger partial charge in [-0.2, -0.15) is 0 Å². The molecular formula is C4H8NaO3. The van der Waals surface area contributed by atoms with E-state index in [9.17, 15) is 4.79 Å². The van der Waals surface area contributed by atoms with Crippen LogP contribution in [0.4, 0.5) is 0 Å². The quantitative estimate of drug-likeness (QED) is 0.391. The van der Waals surface area contributed by atoms with Gasteiger partial charge in [0.15, 0.2) is 0 Å². The molecule has 0 aromatic carbocycles. The summed E-state index contributed by atoms with van der Waals surface area (Å²) in [4.78, 5) is 9.65. The average molecular weight is 131 g/mol. The summed E-state index contributed by atoms with van der Waals surface area (Å²) in [5.74, 6) is -0.963. The van der Waals surface area contributed by atoms with Gasteiger partial charge in [0.1, 0.15) is 0 Å². The van der Waals surface area contributed by atoms with Crippen molar-refractivity contribution in [3.05, 3.63) is 0 Å². The van der Waals surface area contributed by atoms with Crippen LogP contribution in [0.25, 0.3) is 0 Å². The standard InChI is InChI=1S/C4H8O3.Na/c1-3(5)2-4(6)7;/h3,5H,2H2,1H3,(H,6,7);/i1+1,2+1,3+1,4+1;. The Balaban J connectivity index is 0. The largest absolute Gasteiger partial charge is 0.481 e. The van der Waals surface area contributed by atoms with E-state index in [2.05, 4.69) is 0 Å². The van der Waals surface area contributed by atoms with Crippen molar-refractivity contribution in [2.45, 2.75) is 19.4 Å². The molecule has 0 spiro atoms. The zero-order valence-corrected chi connectivity index (χ0v) is 7.09. The van der Waals surface area contributed by atoms with E-state index in [-0.39, 0.29) is 36.0 Å². The van der Waals surface area contributed by atoms with Crippen molar-refractivity contribution < 1.29 is 15.0 Å². The maximum absolute atomic E-state index is 9.65. The molecule has 0 saturated carbocycles. The van der Waals surface area contributed by atoms with Crippen molar-refractivity contribution >= 4 is 35.5 Å². The van der Waals surface area contributed by atoms with Crippen LogP contribution in [0.3, 0.4) is 0 Å². The molecule has 0 aliphatic rings. The number of aliphatic hydroxyl groups is 1. The Labute approximate surface area is 70.0 Å². The van der Waals surface area contributed by atoms with E-state index < -0.39 is 12.1 Å². The summed E-state index contributed by atoms with van der Waals surface area (Å²) in [6.45, 7) is 1.44.